The Hall–Kier alpha value is -3.40. The van der Waals surface area contributed by atoms with Gasteiger partial charge in [0.05, 0.1) is 11.3 Å². The van der Waals surface area contributed by atoms with E-state index >= 15 is 0 Å². The highest BCUT2D eigenvalue weighted by Crippen LogP contribution is 2.34. The molecule has 0 amide bonds. The molecule has 0 aliphatic heterocycles. The zero-order valence-corrected chi connectivity index (χ0v) is 17.8. The van der Waals surface area contributed by atoms with Gasteiger partial charge in [-0.1, -0.05) is 42.6 Å². The van der Waals surface area contributed by atoms with Gasteiger partial charge in [-0.05, 0) is 42.3 Å². The number of halogens is 4. The third-order valence-electron chi connectivity index (χ3n) is 4.50. The summed E-state index contributed by atoms with van der Waals surface area (Å²) in [6, 6.07) is 9.90. The molecular weight excluding hydrogens is 446 g/mol. The first-order chi connectivity index (χ1) is 15.0. The van der Waals surface area contributed by atoms with Gasteiger partial charge in [-0.2, -0.15) is 18.3 Å². The molecule has 1 heterocycles. The fourth-order valence-corrected chi connectivity index (χ4v) is 3.83. The Morgan fingerprint density at radius 2 is 1.84 bits per heavy atom. The molecule has 0 radical (unpaired) electrons. The summed E-state index contributed by atoms with van der Waals surface area (Å²) in [7, 11) is 1.42. The van der Waals surface area contributed by atoms with E-state index in [4.69, 9.17) is 0 Å². The smallest absolute Gasteiger partial charge is 0.416 e. The van der Waals surface area contributed by atoms with Gasteiger partial charge in [-0.15, -0.1) is 0 Å². The van der Waals surface area contributed by atoms with Crippen molar-refractivity contribution in [2.24, 2.45) is 4.99 Å². The molecule has 0 fully saturated rings. The van der Waals surface area contributed by atoms with Crippen LogP contribution in [0.2, 0.25) is 0 Å². The van der Waals surface area contributed by atoms with Gasteiger partial charge in [-0.25, -0.2) is 13.9 Å². The molecule has 3 aromatic rings. The number of thioether (sulfide) groups is 1. The van der Waals surface area contributed by atoms with Crippen LogP contribution in [-0.2, 0) is 6.18 Å². The number of carboxylic acid groups (broad SMARTS) is 1. The Bertz CT molecular complexity index is 1210. The molecule has 0 aliphatic carbocycles. The molecule has 1 aromatic heterocycles. The summed E-state index contributed by atoms with van der Waals surface area (Å²) in [6.07, 6.45) is -4.46. The minimum Gasteiger partial charge on any atom is -0.476 e. The first-order valence-corrected chi connectivity index (χ1v) is 9.95. The number of aromatic nitrogens is 2. The van der Waals surface area contributed by atoms with Crippen molar-refractivity contribution in [1.82, 2.24) is 9.78 Å². The van der Waals surface area contributed by atoms with Crippen molar-refractivity contribution in [2.75, 3.05) is 7.05 Å². The van der Waals surface area contributed by atoms with Crippen LogP contribution in [0.15, 0.2) is 60.1 Å². The molecule has 32 heavy (non-hydrogen) atoms. The van der Waals surface area contributed by atoms with E-state index in [1.165, 1.54) is 37.4 Å². The van der Waals surface area contributed by atoms with Gasteiger partial charge in [0.25, 0.3) is 0 Å². The molecular formula is C22H17F4N3O2S. The Morgan fingerprint density at radius 1 is 1.19 bits per heavy atom. The van der Waals surface area contributed by atoms with Gasteiger partial charge in [0, 0.05) is 17.5 Å². The van der Waals surface area contributed by atoms with Crippen molar-refractivity contribution in [1.29, 1.82) is 0 Å². The predicted octanol–water partition coefficient (Wildman–Crippen LogP) is 5.95. The van der Waals surface area contributed by atoms with Crippen LogP contribution in [0.4, 0.5) is 17.6 Å². The topological polar surface area (TPSA) is 67.5 Å². The maximum atomic E-state index is 13.7. The Balaban J connectivity index is 1.98. The zero-order valence-electron chi connectivity index (χ0n) is 16.9. The van der Waals surface area contributed by atoms with Gasteiger partial charge in [0.1, 0.15) is 5.82 Å². The van der Waals surface area contributed by atoms with Crippen LogP contribution in [0, 0.1) is 12.7 Å². The number of nitrogens with zero attached hydrogens (tertiary/aromatic N) is 3. The van der Waals surface area contributed by atoms with Gasteiger partial charge in [-0.3, -0.25) is 4.99 Å². The van der Waals surface area contributed by atoms with Crippen molar-refractivity contribution in [3.63, 3.8) is 0 Å². The van der Waals surface area contributed by atoms with Crippen LogP contribution in [0.5, 0.6) is 0 Å². The fraction of sp³-hybridized carbons (Fsp3) is 0.136. The van der Waals surface area contributed by atoms with Gasteiger partial charge in [0.2, 0.25) is 0 Å². The normalized spacial score (nSPS) is 12.1. The Labute approximate surface area is 185 Å². The van der Waals surface area contributed by atoms with Crippen molar-refractivity contribution < 1.29 is 27.5 Å². The molecule has 0 bridgehead atoms. The molecule has 1 N–H and O–H groups in total. The van der Waals surface area contributed by atoms with Gasteiger partial charge >= 0.3 is 12.1 Å². The quantitative estimate of drug-likeness (QED) is 0.295. The highest BCUT2D eigenvalue weighted by atomic mass is 32.2. The molecule has 0 saturated carbocycles. The second kappa shape index (κ2) is 8.99. The van der Waals surface area contributed by atoms with E-state index in [9.17, 15) is 27.5 Å². The maximum absolute atomic E-state index is 13.7. The summed E-state index contributed by atoms with van der Waals surface area (Å²) in [6.45, 7) is 5.46. The van der Waals surface area contributed by atoms with Crippen molar-refractivity contribution in [3.05, 3.63) is 83.4 Å². The number of rotatable bonds is 4. The lowest BCUT2D eigenvalue weighted by molar-refractivity contribution is -0.137. The SMILES string of the molecule is C=C(SC(=NC)n1nc(C)c(-c2cccc(F)c2)c1C(=O)O)c1ccc(C(F)(F)F)cc1. The van der Waals surface area contributed by atoms with Gasteiger partial charge < -0.3 is 5.11 Å². The summed E-state index contributed by atoms with van der Waals surface area (Å²) >= 11 is 0.954. The standard InChI is InChI=1S/C22H17F4N3O2S/c1-12-18(15-5-4-6-17(23)11-15)19(20(30)31)29(28-12)21(27-3)32-13(2)14-7-9-16(10-8-14)22(24,25)26/h4-11H,2H2,1,3H3,(H,30,31). The molecule has 5 nitrogen and oxygen atoms in total. The second-order valence-electron chi connectivity index (χ2n) is 6.64. The number of aromatic carboxylic acids is 1. The summed E-state index contributed by atoms with van der Waals surface area (Å²) < 4.78 is 53.2. The highest BCUT2D eigenvalue weighted by molar-refractivity contribution is 8.21. The first kappa shape index (κ1) is 23.3. The average Bonchev–Trinajstić information content (AvgIpc) is 3.08. The summed E-state index contributed by atoms with van der Waals surface area (Å²) in [5.41, 5.74) is 0.317. The number of carbonyl (C=O) groups is 1. The van der Waals surface area contributed by atoms with Crippen LogP contribution in [0.1, 0.15) is 27.3 Å². The number of carboxylic acids is 1. The maximum Gasteiger partial charge on any atom is 0.416 e. The number of aliphatic imine (C=N–C) groups is 1. The highest BCUT2D eigenvalue weighted by Gasteiger charge is 2.30. The second-order valence-corrected chi connectivity index (χ2v) is 7.70. The average molecular weight is 463 g/mol. The van der Waals surface area contributed by atoms with E-state index < -0.39 is 23.5 Å². The third-order valence-corrected chi connectivity index (χ3v) is 5.52. The van der Waals surface area contributed by atoms with Crippen molar-refractivity contribution >= 4 is 27.8 Å². The van der Waals surface area contributed by atoms with Crippen LogP contribution in [-0.4, -0.2) is 33.1 Å². The predicted molar refractivity (Wildman–Crippen MR) is 116 cm³/mol. The van der Waals surface area contributed by atoms with Crippen LogP contribution < -0.4 is 0 Å². The summed E-state index contributed by atoms with van der Waals surface area (Å²) in [5, 5.41) is 14.3. The van der Waals surface area contributed by atoms with E-state index in [-0.39, 0.29) is 16.4 Å². The largest absolute Gasteiger partial charge is 0.476 e. The van der Waals surface area contributed by atoms with E-state index in [1.807, 2.05) is 0 Å². The van der Waals surface area contributed by atoms with E-state index in [1.54, 1.807) is 13.0 Å². The van der Waals surface area contributed by atoms with E-state index in [0.29, 0.717) is 21.7 Å². The Morgan fingerprint density at radius 3 is 2.38 bits per heavy atom. The van der Waals surface area contributed by atoms with Crippen LogP contribution in [0.3, 0.4) is 0 Å². The summed E-state index contributed by atoms with van der Waals surface area (Å²) in [4.78, 5) is 16.5. The number of alkyl halides is 3. The molecule has 10 heteroatoms. The third kappa shape index (κ3) is 4.75. The lowest BCUT2D eigenvalue weighted by Gasteiger charge is -2.12. The minimum atomic E-state index is -4.46. The molecule has 0 spiro atoms. The molecule has 0 atom stereocenters. The molecule has 166 valence electrons. The zero-order chi connectivity index (χ0) is 23.6. The number of hydrogen-bond acceptors (Lipinski definition) is 4. The fourth-order valence-electron chi connectivity index (χ4n) is 3.05. The summed E-state index contributed by atoms with van der Waals surface area (Å²) in [5.74, 6) is -1.83. The van der Waals surface area contributed by atoms with Crippen molar-refractivity contribution in [3.8, 4) is 11.1 Å². The lowest BCUT2D eigenvalue weighted by Crippen LogP contribution is -2.17. The molecule has 0 aliphatic rings. The molecule has 0 unspecified atom stereocenters. The van der Waals surface area contributed by atoms with Gasteiger partial charge in [0.15, 0.2) is 10.9 Å². The first-order valence-electron chi connectivity index (χ1n) is 9.13. The Kier molecular flexibility index (Phi) is 6.54. The van der Waals surface area contributed by atoms with E-state index in [2.05, 4.69) is 16.7 Å². The van der Waals surface area contributed by atoms with Crippen molar-refractivity contribution in [2.45, 2.75) is 13.1 Å². The minimum absolute atomic E-state index is 0.137. The molecule has 2 aromatic carbocycles. The number of hydrogen-bond donors (Lipinski definition) is 1. The molecule has 3 rings (SSSR count). The number of benzene rings is 2. The van der Waals surface area contributed by atoms with Crippen LogP contribution >= 0.6 is 11.8 Å². The van der Waals surface area contributed by atoms with Crippen LogP contribution in [0.25, 0.3) is 16.0 Å². The lowest BCUT2D eigenvalue weighted by atomic mass is 10.0. The monoisotopic (exact) mass is 463 g/mol. The molecule has 0 saturated heterocycles. The van der Waals surface area contributed by atoms with E-state index in [0.717, 1.165) is 28.6 Å². The number of aryl methyl sites for hydroxylation is 1.